The van der Waals surface area contributed by atoms with Gasteiger partial charge in [0, 0.05) is 23.3 Å². The third kappa shape index (κ3) is 1.45. The fourth-order valence-corrected chi connectivity index (χ4v) is 2.39. The van der Waals surface area contributed by atoms with Gasteiger partial charge in [0.15, 0.2) is 6.29 Å². The van der Waals surface area contributed by atoms with Crippen LogP contribution < -0.4 is 0 Å². The lowest BCUT2D eigenvalue weighted by atomic mass is 10.1. The highest BCUT2D eigenvalue weighted by Gasteiger charge is 2.12. The van der Waals surface area contributed by atoms with Gasteiger partial charge in [-0.2, -0.15) is 14.8 Å². The molecule has 6 heteroatoms. The molecule has 0 unspecified atom stereocenters. The first-order valence-electron chi connectivity index (χ1n) is 6.09. The Balaban J connectivity index is 2.06. The fraction of sp³-hybridized carbons (Fsp3) is 0. The molecule has 0 saturated heterocycles. The third-order valence-electron chi connectivity index (χ3n) is 3.27. The summed E-state index contributed by atoms with van der Waals surface area (Å²) >= 11 is 0. The number of aromatic amines is 1. The lowest BCUT2D eigenvalue weighted by molar-refractivity contribution is 0.112. The van der Waals surface area contributed by atoms with Crippen LogP contribution in [0.15, 0.2) is 42.9 Å². The summed E-state index contributed by atoms with van der Waals surface area (Å²) in [6.07, 6.45) is 5.95. The van der Waals surface area contributed by atoms with Crippen LogP contribution in [-0.2, 0) is 0 Å². The number of hydrogen-bond acceptors (Lipinski definition) is 4. The fourth-order valence-electron chi connectivity index (χ4n) is 2.39. The molecule has 4 heterocycles. The van der Waals surface area contributed by atoms with Crippen molar-refractivity contribution in [2.45, 2.75) is 0 Å². The van der Waals surface area contributed by atoms with Crippen molar-refractivity contribution in [3.05, 3.63) is 48.5 Å². The molecule has 0 aromatic carbocycles. The summed E-state index contributed by atoms with van der Waals surface area (Å²) in [5.74, 6) is 0. The number of nitrogens with one attached hydrogen (secondary N) is 1. The minimum Gasteiger partial charge on any atom is -0.337 e. The van der Waals surface area contributed by atoms with Gasteiger partial charge in [0.05, 0.1) is 17.4 Å². The Bertz CT molecular complexity index is 937. The first-order valence-corrected chi connectivity index (χ1v) is 6.09. The lowest BCUT2D eigenvalue weighted by Crippen LogP contribution is -1.90. The number of carbonyl (C=O) groups is 1. The molecular formula is C14H9N5O. The zero-order valence-corrected chi connectivity index (χ0v) is 10.3. The molecule has 96 valence electrons. The lowest BCUT2D eigenvalue weighted by Gasteiger charge is -2.00. The quantitative estimate of drug-likeness (QED) is 0.562. The number of H-pyrrole nitrogens is 1. The Kier molecular flexibility index (Phi) is 2.17. The van der Waals surface area contributed by atoms with Crippen LogP contribution in [0.4, 0.5) is 0 Å². The van der Waals surface area contributed by atoms with Gasteiger partial charge in [-0.3, -0.25) is 4.79 Å². The molecule has 0 atom stereocenters. The van der Waals surface area contributed by atoms with E-state index in [-0.39, 0.29) is 0 Å². The SMILES string of the molecule is O=Cc1cc2c(-c3cnn4ncccc34)ccnc2[nH]1. The Labute approximate surface area is 113 Å². The number of carbonyl (C=O) groups excluding carboxylic acids is 1. The second-order valence-electron chi connectivity index (χ2n) is 4.42. The maximum Gasteiger partial charge on any atom is 0.166 e. The highest BCUT2D eigenvalue weighted by molar-refractivity contribution is 5.99. The highest BCUT2D eigenvalue weighted by atomic mass is 16.1. The van der Waals surface area contributed by atoms with Gasteiger partial charge in [-0.1, -0.05) is 0 Å². The van der Waals surface area contributed by atoms with E-state index in [1.807, 2.05) is 18.2 Å². The molecule has 4 aromatic heterocycles. The molecule has 0 aliphatic carbocycles. The van der Waals surface area contributed by atoms with Crippen LogP contribution in [0.5, 0.6) is 0 Å². The van der Waals surface area contributed by atoms with Crippen molar-refractivity contribution in [1.82, 2.24) is 24.8 Å². The van der Waals surface area contributed by atoms with Crippen LogP contribution in [0.3, 0.4) is 0 Å². The molecule has 0 aliphatic heterocycles. The van der Waals surface area contributed by atoms with Gasteiger partial charge in [-0.05, 0) is 29.8 Å². The zero-order valence-electron chi connectivity index (χ0n) is 10.3. The molecule has 0 spiro atoms. The second kappa shape index (κ2) is 3.99. The van der Waals surface area contributed by atoms with Crippen LogP contribution in [0.25, 0.3) is 27.7 Å². The summed E-state index contributed by atoms with van der Waals surface area (Å²) in [6, 6.07) is 7.53. The topological polar surface area (TPSA) is 75.9 Å². The van der Waals surface area contributed by atoms with E-state index in [4.69, 9.17) is 0 Å². The van der Waals surface area contributed by atoms with Crippen molar-refractivity contribution in [3.8, 4) is 11.1 Å². The van der Waals surface area contributed by atoms with Gasteiger partial charge in [0.1, 0.15) is 5.65 Å². The van der Waals surface area contributed by atoms with Gasteiger partial charge < -0.3 is 4.98 Å². The second-order valence-corrected chi connectivity index (χ2v) is 4.42. The molecule has 0 saturated carbocycles. The van der Waals surface area contributed by atoms with E-state index in [9.17, 15) is 4.79 Å². The van der Waals surface area contributed by atoms with Crippen molar-refractivity contribution in [2.75, 3.05) is 0 Å². The van der Waals surface area contributed by atoms with E-state index in [1.54, 1.807) is 29.3 Å². The Hall–Kier alpha value is -3.02. The van der Waals surface area contributed by atoms with Crippen LogP contribution in [0.1, 0.15) is 10.5 Å². The number of rotatable bonds is 2. The maximum absolute atomic E-state index is 10.9. The molecule has 6 nitrogen and oxygen atoms in total. The van der Waals surface area contributed by atoms with E-state index in [1.165, 1.54) is 0 Å². The predicted molar refractivity (Wildman–Crippen MR) is 73.5 cm³/mol. The Morgan fingerprint density at radius 1 is 1.15 bits per heavy atom. The minimum absolute atomic E-state index is 0.509. The Morgan fingerprint density at radius 2 is 2.10 bits per heavy atom. The summed E-state index contributed by atoms with van der Waals surface area (Å²) < 4.78 is 1.58. The zero-order chi connectivity index (χ0) is 13.5. The molecule has 1 N–H and O–H groups in total. The van der Waals surface area contributed by atoms with Gasteiger partial charge >= 0.3 is 0 Å². The number of aldehydes is 1. The third-order valence-corrected chi connectivity index (χ3v) is 3.27. The van der Waals surface area contributed by atoms with E-state index in [0.717, 1.165) is 28.3 Å². The first kappa shape index (κ1) is 10.9. The van der Waals surface area contributed by atoms with Gasteiger partial charge in [-0.25, -0.2) is 4.98 Å². The van der Waals surface area contributed by atoms with E-state index < -0.39 is 0 Å². The maximum atomic E-state index is 10.9. The smallest absolute Gasteiger partial charge is 0.166 e. The number of aromatic nitrogens is 5. The predicted octanol–water partition coefficient (Wildman–Crippen LogP) is 2.09. The summed E-state index contributed by atoms with van der Waals surface area (Å²) in [5, 5.41) is 9.29. The average molecular weight is 263 g/mol. The molecular weight excluding hydrogens is 254 g/mol. The van der Waals surface area contributed by atoms with Crippen molar-refractivity contribution in [3.63, 3.8) is 0 Å². The van der Waals surface area contributed by atoms with Gasteiger partial charge in [0.2, 0.25) is 0 Å². The van der Waals surface area contributed by atoms with Crippen molar-refractivity contribution in [2.24, 2.45) is 0 Å². The van der Waals surface area contributed by atoms with E-state index >= 15 is 0 Å². The minimum atomic E-state index is 0.509. The molecule has 0 bridgehead atoms. The summed E-state index contributed by atoms with van der Waals surface area (Å²) in [7, 11) is 0. The normalized spacial score (nSPS) is 11.2. The highest BCUT2D eigenvalue weighted by Crippen LogP contribution is 2.30. The summed E-state index contributed by atoms with van der Waals surface area (Å²) in [6.45, 7) is 0. The van der Waals surface area contributed by atoms with Crippen molar-refractivity contribution in [1.29, 1.82) is 0 Å². The van der Waals surface area contributed by atoms with Crippen molar-refractivity contribution < 1.29 is 4.79 Å². The Morgan fingerprint density at radius 3 is 3.00 bits per heavy atom. The van der Waals surface area contributed by atoms with Crippen molar-refractivity contribution >= 4 is 22.8 Å². The number of fused-ring (bicyclic) bond motifs is 2. The van der Waals surface area contributed by atoms with Crippen LogP contribution in [0.2, 0.25) is 0 Å². The molecule has 20 heavy (non-hydrogen) atoms. The molecule has 0 amide bonds. The molecule has 0 radical (unpaired) electrons. The van der Waals surface area contributed by atoms with E-state index in [0.29, 0.717) is 11.3 Å². The van der Waals surface area contributed by atoms with Crippen LogP contribution >= 0.6 is 0 Å². The van der Waals surface area contributed by atoms with Crippen LogP contribution in [-0.4, -0.2) is 31.1 Å². The monoisotopic (exact) mass is 263 g/mol. The molecule has 0 fully saturated rings. The number of pyridine rings is 1. The number of hydrogen-bond donors (Lipinski definition) is 1. The van der Waals surface area contributed by atoms with Gasteiger partial charge in [-0.15, -0.1) is 0 Å². The first-order chi connectivity index (χ1) is 9.86. The largest absolute Gasteiger partial charge is 0.337 e. The number of nitrogens with zero attached hydrogens (tertiary/aromatic N) is 4. The summed E-state index contributed by atoms with van der Waals surface area (Å²) in [5.41, 5.74) is 4.04. The molecule has 4 rings (SSSR count). The molecule has 4 aromatic rings. The van der Waals surface area contributed by atoms with E-state index in [2.05, 4.69) is 20.2 Å². The molecule has 0 aliphatic rings. The van der Waals surface area contributed by atoms with Crippen LogP contribution in [0, 0.1) is 0 Å². The van der Waals surface area contributed by atoms with Gasteiger partial charge in [0.25, 0.3) is 0 Å². The summed E-state index contributed by atoms with van der Waals surface area (Å²) in [4.78, 5) is 18.1. The average Bonchev–Trinajstić information content (AvgIpc) is 3.10. The standard InChI is InChI=1S/C14H9N5O/c20-8-9-6-11-10(3-5-15-14(11)18-9)12-7-17-19-13(12)2-1-4-16-19/h1-8H,(H,15,18).